The summed E-state index contributed by atoms with van der Waals surface area (Å²) in [5.41, 5.74) is 0. The van der Waals surface area contributed by atoms with Gasteiger partial charge in [0.25, 0.3) is 0 Å². The van der Waals surface area contributed by atoms with Crippen LogP contribution in [0.2, 0.25) is 0 Å². The van der Waals surface area contributed by atoms with E-state index in [-0.39, 0.29) is 18.4 Å². The molecule has 1 aliphatic carbocycles. The molecule has 0 bridgehead atoms. The van der Waals surface area contributed by atoms with Crippen molar-refractivity contribution in [2.24, 2.45) is 11.8 Å². The molecule has 0 spiro atoms. The molecule has 16 heavy (non-hydrogen) atoms. The fourth-order valence-electron chi connectivity index (χ4n) is 1.49. The highest BCUT2D eigenvalue weighted by Gasteiger charge is 2.57. The molecule has 4 nitrogen and oxygen atoms in total. The minimum absolute atomic E-state index is 0.152. The van der Waals surface area contributed by atoms with Crippen molar-refractivity contribution in [2.75, 3.05) is 13.1 Å². The van der Waals surface area contributed by atoms with Gasteiger partial charge in [0, 0.05) is 13.1 Å². The second kappa shape index (κ2) is 4.80. The molecule has 0 unspecified atom stereocenters. The zero-order chi connectivity index (χ0) is 12.5. The van der Waals surface area contributed by atoms with Crippen LogP contribution in [-0.4, -0.2) is 39.3 Å². The number of hydrogen-bond donors (Lipinski definition) is 1. The first kappa shape index (κ1) is 13.6. The van der Waals surface area contributed by atoms with E-state index in [9.17, 15) is 9.59 Å². The minimum atomic E-state index is -0.947. The molecular weight excluding hydrogens is 253 g/mol. The summed E-state index contributed by atoms with van der Waals surface area (Å²) < 4.78 is -0.947. The number of carbonyl (C=O) groups excluding carboxylic acids is 1. The van der Waals surface area contributed by atoms with Gasteiger partial charge in [-0.2, -0.15) is 0 Å². The third-order valence-corrected chi connectivity index (χ3v) is 3.57. The maximum Gasteiger partial charge on any atom is 0.308 e. The standard InChI is InChI=1S/C10H15Cl2NO3/c1-3-13(5-6(2)9(15)16)8(14)7-4-10(7,11)12/h6-7H,3-5H2,1-2H3,(H,15,16)/t6-,7-/m1/s1. The molecule has 0 saturated heterocycles. The SMILES string of the molecule is CCN(C[C@@H](C)C(=O)O)C(=O)[C@H]1CC1(Cl)Cl. The molecule has 0 aromatic heterocycles. The zero-order valence-corrected chi connectivity index (χ0v) is 10.8. The number of amides is 1. The summed E-state index contributed by atoms with van der Waals surface area (Å²) >= 11 is 11.6. The lowest BCUT2D eigenvalue weighted by Gasteiger charge is -2.23. The van der Waals surface area contributed by atoms with Gasteiger partial charge in [-0.25, -0.2) is 0 Å². The molecular formula is C10H15Cl2NO3. The molecule has 0 aromatic carbocycles. The molecule has 92 valence electrons. The monoisotopic (exact) mass is 267 g/mol. The van der Waals surface area contributed by atoms with Gasteiger partial charge >= 0.3 is 5.97 Å². The van der Waals surface area contributed by atoms with Crippen LogP contribution in [0, 0.1) is 11.8 Å². The highest BCUT2D eigenvalue weighted by atomic mass is 35.5. The number of carboxylic acid groups (broad SMARTS) is 1. The van der Waals surface area contributed by atoms with E-state index in [1.165, 1.54) is 4.90 Å². The predicted molar refractivity (Wildman–Crippen MR) is 61.6 cm³/mol. The third-order valence-electron chi connectivity index (χ3n) is 2.73. The van der Waals surface area contributed by atoms with E-state index in [1.54, 1.807) is 13.8 Å². The van der Waals surface area contributed by atoms with Crippen molar-refractivity contribution in [3.8, 4) is 0 Å². The molecule has 1 amide bonds. The van der Waals surface area contributed by atoms with Gasteiger partial charge in [-0.05, 0) is 13.3 Å². The quantitative estimate of drug-likeness (QED) is 0.773. The van der Waals surface area contributed by atoms with E-state index in [0.29, 0.717) is 13.0 Å². The lowest BCUT2D eigenvalue weighted by molar-refractivity contribution is -0.143. The van der Waals surface area contributed by atoms with Crippen molar-refractivity contribution in [1.82, 2.24) is 4.90 Å². The third kappa shape index (κ3) is 3.01. The van der Waals surface area contributed by atoms with E-state index in [2.05, 4.69) is 0 Å². The summed E-state index contributed by atoms with van der Waals surface area (Å²) in [7, 11) is 0. The van der Waals surface area contributed by atoms with Gasteiger partial charge in [0.2, 0.25) is 5.91 Å². The van der Waals surface area contributed by atoms with Crippen molar-refractivity contribution >= 4 is 35.1 Å². The molecule has 1 rings (SSSR count). The van der Waals surface area contributed by atoms with E-state index < -0.39 is 16.2 Å². The van der Waals surface area contributed by atoms with Crippen LogP contribution in [0.15, 0.2) is 0 Å². The van der Waals surface area contributed by atoms with Crippen LogP contribution in [0.4, 0.5) is 0 Å². The average molecular weight is 268 g/mol. The van der Waals surface area contributed by atoms with Crippen LogP contribution in [0.25, 0.3) is 0 Å². The Labute approximate surface area is 105 Å². The maximum atomic E-state index is 11.9. The Kier molecular flexibility index (Phi) is 4.07. The van der Waals surface area contributed by atoms with E-state index in [4.69, 9.17) is 28.3 Å². The van der Waals surface area contributed by atoms with Gasteiger partial charge in [0.1, 0.15) is 4.33 Å². The van der Waals surface area contributed by atoms with Crippen LogP contribution < -0.4 is 0 Å². The topological polar surface area (TPSA) is 57.6 Å². The van der Waals surface area contributed by atoms with E-state index in [1.807, 2.05) is 0 Å². The summed E-state index contributed by atoms with van der Waals surface area (Å²) in [4.78, 5) is 24.1. The molecule has 1 aliphatic rings. The minimum Gasteiger partial charge on any atom is -0.481 e. The van der Waals surface area contributed by atoms with Crippen molar-refractivity contribution in [3.63, 3.8) is 0 Å². The first-order valence-electron chi connectivity index (χ1n) is 5.19. The fraction of sp³-hybridized carbons (Fsp3) is 0.800. The lowest BCUT2D eigenvalue weighted by Crippen LogP contribution is -2.38. The normalized spacial score (nSPS) is 23.6. The summed E-state index contributed by atoms with van der Waals surface area (Å²) in [5.74, 6) is -2.02. The van der Waals surface area contributed by atoms with Crippen LogP contribution in [-0.2, 0) is 9.59 Å². The number of rotatable bonds is 5. The van der Waals surface area contributed by atoms with E-state index in [0.717, 1.165) is 0 Å². The van der Waals surface area contributed by atoms with Crippen LogP contribution in [0.5, 0.6) is 0 Å². The Morgan fingerprint density at radius 2 is 2.06 bits per heavy atom. The Hall–Kier alpha value is -0.480. The second-order valence-electron chi connectivity index (χ2n) is 4.13. The molecule has 1 saturated carbocycles. The van der Waals surface area contributed by atoms with Crippen molar-refractivity contribution in [2.45, 2.75) is 24.6 Å². The molecule has 0 radical (unpaired) electrons. The summed E-state index contributed by atoms with van der Waals surface area (Å²) in [6.45, 7) is 4.04. The van der Waals surface area contributed by atoms with Gasteiger partial charge in [0.05, 0.1) is 11.8 Å². The Bertz CT molecular complexity index is 306. The highest BCUT2D eigenvalue weighted by molar-refractivity contribution is 6.52. The molecule has 0 heterocycles. The average Bonchev–Trinajstić information content (AvgIpc) is 2.82. The fourth-order valence-corrected chi connectivity index (χ4v) is 1.98. The Morgan fingerprint density at radius 3 is 2.38 bits per heavy atom. The molecule has 2 atom stereocenters. The Balaban J connectivity index is 2.55. The summed E-state index contributed by atoms with van der Waals surface area (Å²) in [6.07, 6.45) is 0.451. The Morgan fingerprint density at radius 1 is 1.56 bits per heavy atom. The number of hydrogen-bond acceptors (Lipinski definition) is 2. The molecule has 1 fully saturated rings. The number of nitrogens with zero attached hydrogens (tertiary/aromatic N) is 1. The van der Waals surface area contributed by atoms with Gasteiger partial charge in [0.15, 0.2) is 0 Å². The number of alkyl halides is 2. The summed E-state index contributed by atoms with van der Waals surface area (Å²) in [5, 5.41) is 8.77. The van der Waals surface area contributed by atoms with Gasteiger partial charge < -0.3 is 10.0 Å². The first-order chi connectivity index (χ1) is 7.29. The zero-order valence-electron chi connectivity index (χ0n) is 9.24. The number of halogens is 2. The van der Waals surface area contributed by atoms with Gasteiger partial charge in [-0.3, -0.25) is 9.59 Å². The lowest BCUT2D eigenvalue weighted by atomic mass is 10.1. The molecule has 6 heteroatoms. The maximum absolute atomic E-state index is 11.9. The first-order valence-corrected chi connectivity index (χ1v) is 5.94. The smallest absolute Gasteiger partial charge is 0.308 e. The highest BCUT2D eigenvalue weighted by Crippen LogP contribution is 2.53. The predicted octanol–water partition coefficient (Wildman–Crippen LogP) is 1.75. The van der Waals surface area contributed by atoms with Crippen molar-refractivity contribution in [1.29, 1.82) is 0 Å². The number of carboxylic acids is 1. The molecule has 0 aromatic rings. The van der Waals surface area contributed by atoms with Crippen LogP contribution >= 0.6 is 23.2 Å². The molecule has 0 aliphatic heterocycles. The number of aliphatic carboxylic acids is 1. The van der Waals surface area contributed by atoms with Gasteiger partial charge in [-0.15, -0.1) is 23.2 Å². The molecule has 1 N–H and O–H groups in total. The van der Waals surface area contributed by atoms with Crippen molar-refractivity contribution < 1.29 is 14.7 Å². The number of carbonyl (C=O) groups is 2. The van der Waals surface area contributed by atoms with Crippen LogP contribution in [0.1, 0.15) is 20.3 Å². The van der Waals surface area contributed by atoms with E-state index >= 15 is 0 Å². The second-order valence-corrected chi connectivity index (χ2v) is 5.68. The van der Waals surface area contributed by atoms with Crippen molar-refractivity contribution in [3.05, 3.63) is 0 Å². The summed E-state index contributed by atoms with van der Waals surface area (Å²) in [6, 6.07) is 0. The largest absolute Gasteiger partial charge is 0.481 e. The van der Waals surface area contributed by atoms with Gasteiger partial charge in [-0.1, -0.05) is 6.92 Å². The van der Waals surface area contributed by atoms with Crippen LogP contribution in [0.3, 0.4) is 0 Å².